The van der Waals surface area contributed by atoms with Crippen LogP contribution in [0.2, 0.25) is 5.02 Å². The maximum atomic E-state index is 13.4. The van der Waals surface area contributed by atoms with E-state index in [0.29, 0.717) is 31.9 Å². The van der Waals surface area contributed by atoms with Crippen molar-refractivity contribution >= 4 is 27.3 Å². The molecule has 0 aliphatic carbocycles. The van der Waals surface area contributed by atoms with Gasteiger partial charge in [0.15, 0.2) is 0 Å². The van der Waals surface area contributed by atoms with Crippen molar-refractivity contribution in [1.29, 1.82) is 0 Å². The van der Waals surface area contributed by atoms with Gasteiger partial charge in [-0.25, -0.2) is 8.42 Å². The Labute approximate surface area is 179 Å². The Hall–Kier alpha value is -1.76. The lowest BCUT2D eigenvalue weighted by Gasteiger charge is -2.35. The molecule has 0 aromatic heterocycles. The van der Waals surface area contributed by atoms with Gasteiger partial charge in [-0.1, -0.05) is 31.5 Å². The zero-order valence-corrected chi connectivity index (χ0v) is 19.3. The monoisotopic (exact) mass is 436 g/mol. The third kappa shape index (κ3) is 4.39. The molecule has 0 radical (unpaired) electrons. The predicted octanol–water partition coefficient (Wildman–Crippen LogP) is 4.60. The Morgan fingerprint density at radius 1 is 1.00 bits per heavy atom. The van der Waals surface area contributed by atoms with Gasteiger partial charge >= 0.3 is 0 Å². The zero-order valence-electron chi connectivity index (χ0n) is 17.7. The van der Waals surface area contributed by atoms with Crippen molar-refractivity contribution in [1.82, 2.24) is 4.31 Å². The second-order valence-electron chi connectivity index (χ2n) is 7.84. The molecule has 7 heteroatoms. The average Bonchev–Trinajstić information content (AvgIpc) is 2.69. The predicted molar refractivity (Wildman–Crippen MR) is 119 cm³/mol. The minimum absolute atomic E-state index is 0.234. The number of rotatable bonds is 5. The van der Waals surface area contributed by atoms with Crippen LogP contribution >= 0.6 is 11.6 Å². The average molecular weight is 437 g/mol. The minimum Gasteiger partial charge on any atom is -0.495 e. The molecule has 5 nitrogen and oxygen atoms in total. The number of piperazine rings is 1. The highest BCUT2D eigenvalue weighted by molar-refractivity contribution is 7.89. The quantitative estimate of drug-likeness (QED) is 0.687. The number of anilines is 1. The van der Waals surface area contributed by atoms with Gasteiger partial charge in [0.1, 0.15) is 10.6 Å². The van der Waals surface area contributed by atoms with Gasteiger partial charge in [-0.05, 0) is 60.7 Å². The smallest absolute Gasteiger partial charge is 0.246 e. The zero-order chi connectivity index (χ0) is 21.3. The van der Waals surface area contributed by atoms with E-state index in [1.165, 1.54) is 7.11 Å². The molecule has 0 bridgehead atoms. The third-order valence-corrected chi connectivity index (χ3v) is 7.88. The summed E-state index contributed by atoms with van der Waals surface area (Å²) in [5, 5.41) is 0.725. The van der Waals surface area contributed by atoms with Crippen molar-refractivity contribution in [3.63, 3.8) is 0 Å². The van der Waals surface area contributed by atoms with Gasteiger partial charge in [0.2, 0.25) is 10.0 Å². The molecule has 2 aromatic rings. The second-order valence-corrected chi connectivity index (χ2v) is 10.2. The van der Waals surface area contributed by atoms with Gasteiger partial charge in [-0.2, -0.15) is 4.31 Å². The Kier molecular flexibility index (Phi) is 6.46. The maximum absolute atomic E-state index is 13.4. The van der Waals surface area contributed by atoms with E-state index in [2.05, 4.69) is 18.7 Å². The summed E-state index contributed by atoms with van der Waals surface area (Å²) in [4.78, 5) is 2.42. The van der Waals surface area contributed by atoms with Crippen LogP contribution in [0.25, 0.3) is 0 Å². The van der Waals surface area contributed by atoms with E-state index in [1.807, 2.05) is 38.1 Å². The molecule has 158 valence electrons. The first kappa shape index (κ1) is 21.9. The van der Waals surface area contributed by atoms with Crippen molar-refractivity contribution in [2.75, 3.05) is 38.2 Å². The molecule has 0 unspecified atom stereocenters. The molecule has 0 N–H and O–H groups in total. The number of nitrogens with zero attached hydrogens (tertiary/aromatic N) is 2. The molecule has 29 heavy (non-hydrogen) atoms. The maximum Gasteiger partial charge on any atom is 0.246 e. The van der Waals surface area contributed by atoms with Gasteiger partial charge in [0.25, 0.3) is 0 Å². The normalized spacial score (nSPS) is 15.8. The standard InChI is InChI=1S/C22H29ClN2O3S/c1-15(2)19-14-22(21(28-5)12-17(19)4)29(26,27)25-10-8-24(9-11-25)18-7-6-16(3)20(23)13-18/h6-7,12-15H,8-11H2,1-5H3. The molecule has 1 heterocycles. The van der Waals surface area contributed by atoms with Gasteiger partial charge in [0, 0.05) is 36.9 Å². The number of sulfonamides is 1. The van der Waals surface area contributed by atoms with Crippen LogP contribution in [0.3, 0.4) is 0 Å². The Morgan fingerprint density at radius 3 is 2.21 bits per heavy atom. The molecule has 0 saturated carbocycles. The van der Waals surface area contributed by atoms with Crippen LogP contribution in [0.1, 0.15) is 36.5 Å². The van der Waals surface area contributed by atoms with E-state index >= 15 is 0 Å². The number of hydrogen-bond donors (Lipinski definition) is 0. The number of aryl methyl sites for hydroxylation is 2. The SMILES string of the molecule is COc1cc(C)c(C(C)C)cc1S(=O)(=O)N1CCN(c2ccc(C)c(Cl)c2)CC1. The summed E-state index contributed by atoms with van der Waals surface area (Å²) in [5.41, 5.74) is 4.12. The summed E-state index contributed by atoms with van der Waals surface area (Å²) in [6.07, 6.45) is 0. The first-order valence-electron chi connectivity index (χ1n) is 9.85. The van der Waals surface area contributed by atoms with Crippen LogP contribution in [-0.2, 0) is 10.0 Å². The number of ether oxygens (including phenoxy) is 1. The molecule has 1 aliphatic rings. The molecule has 1 fully saturated rings. The van der Waals surface area contributed by atoms with E-state index in [4.69, 9.17) is 16.3 Å². The highest BCUT2D eigenvalue weighted by Gasteiger charge is 2.32. The van der Waals surface area contributed by atoms with E-state index in [-0.39, 0.29) is 10.8 Å². The molecule has 2 aromatic carbocycles. The first-order valence-corrected chi connectivity index (χ1v) is 11.7. The fourth-order valence-corrected chi connectivity index (χ4v) is 5.53. The number of halogens is 1. The van der Waals surface area contributed by atoms with Crippen LogP contribution in [0, 0.1) is 13.8 Å². The second kappa shape index (κ2) is 8.54. The number of hydrogen-bond acceptors (Lipinski definition) is 4. The van der Waals surface area contributed by atoms with Crippen molar-refractivity contribution in [2.45, 2.75) is 38.5 Å². The Balaban J connectivity index is 1.84. The molecule has 3 rings (SSSR count). The van der Waals surface area contributed by atoms with Crippen LogP contribution in [0.4, 0.5) is 5.69 Å². The minimum atomic E-state index is -3.64. The Morgan fingerprint density at radius 2 is 1.66 bits per heavy atom. The lowest BCUT2D eigenvalue weighted by molar-refractivity contribution is 0.374. The molecule has 1 aliphatic heterocycles. The van der Waals surface area contributed by atoms with Gasteiger partial charge in [0.05, 0.1) is 7.11 Å². The molecular weight excluding hydrogens is 408 g/mol. The van der Waals surface area contributed by atoms with Gasteiger partial charge < -0.3 is 9.64 Å². The van der Waals surface area contributed by atoms with Crippen LogP contribution in [0.5, 0.6) is 5.75 Å². The molecule has 1 saturated heterocycles. The summed E-state index contributed by atoms with van der Waals surface area (Å²) >= 11 is 6.25. The highest BCUT2D eigenvalue weighted by Crippen LogP contribution is 2.33. The summed E-state index contributed by atoms with van der Waals surface area (Å²) in [5.74, 6) is 0.637. The van der Waals surface area contributed by atoms with Gasteiger partial charge in [-0.3, -0.25) is 0 Å². The van der Waals surface area contributed by atoms with Gasteiger partial charge in [-0.15, -0.1) is 0 Å². The van der Waals surface area contributed by atoms with Crippen LogP contribution < -0.4 is 9.64 Å². The van der Waals surface area contributed by atoms with Crippen molar-refractivity contribution < 1.29 is 13.2 Å². The summed E-state index contributed by atoms with van der Waals surface area (Å²) in [6.45, 7) is 10.2. The van der Waals surface area contributed by atoms with E-state index < -0.39 is 10.0 Å². The summed E-state index contributed by atoms with van der Waals surface area (Å²) in [7, 11) is -2.13. The van der Waals surface area contributed by atoms with Crippen LogP contribution in [0.15, 0.2) is 35.2 Å². The Bertz CT molecular complexity index is 997. The molecule has 0 atom stereocenters. The largest absolute Gasteiger partial charge is 0.495 e. The van der Waals surface area contributed by atoms with Crippen molar-refractivity contribution in [3.05, 3.63) is 52.0 Å². The van der Waals surface area contributed by atoms with E-state index in [1.54, 1.807) is 10.4 Å². The first-order chi connectivity index (χ1) is 13.6. The van der Waals surface area contributed by atoms with Crippen molar-refractivity contribution in [3.8, 4) is 5.75 Å². The molecule has 0 amide bonds. The molecule has 0 spiro atoms. The highest BCUT2D eigenvalue weighted by atomic mass is 35.5. The van der Waals surface area contributed by atoms with Crippen molar-refractivity contribution in [2.24, 2.45) is 0 Å². The summed E-state index contributed by atoms with van der Waals surface area (Å²) in [6, 6.07) is 9.57. The topological polar surface area (TPSA) is 49.9 Å². The number of benzene rings is 2. The fraction of sp³-hybridized carbons (Fsp3) is 0.455. The molecular formula is C22H29ClN2O3S. The summed E-state index contributed by atoms with van der Waals surface area (Å²) < 4.78 is 33.8. The van der Waals surface area contributed by atoms with E-state index in [0.717, 1.165) is 27.4 Å². The third-order valence-electron chi connectivity index (χ3n) is 5.55. The van der Waals surface area contributed by atoms with E-state index in [9.17, 15) is 8.42 Å². The number of methoxy groups -OCH3 is 1. The lowest BCUT2D eigenvalue weighted by Crippen LogP contribution is -2.48. The van der Waals surface area contributed by atoms with Crippen LogP contribution in [-0.4, -0.2) is 46.0 Å². The fourth-order valence-electron chi connectivity index (χ4n) is 3.76. The lowest BCUT2D eigenvalue weighted by atomic mass is 9.98.